The SMILES string of the molecule is COc1cc(CO)cc2c1OC1C2C(C(=O)NCCO)=CC(N(Cc2ccc(Cl)cc2)C(=O)C2CC2)C1O. The molecule has 0 aromatic heterocycles. The summed E-state index contributed by atoms with van der Waals surface area (Å²) in [5.41, 5.74) is 2.34. The fraction of sp³-hybridized carbons (Fsp3) is 0.429. The highest BCUT2D eigenvalue weighted by molar-refractivity contribution is 6.30. The van der Waals surface area contributed by atoms with Gasteiger partial charge in [-0.1, -0.05) is 23.7 Å². The molecule has 4 N–H and O–H groups in total. The standard InChI is InChI=1S/C28H31ClN2O7/c1-37-22-11-16(14-33)10-19-23-20(27(35)30-8-9-32)12-21(24(34)26(23)38-25(19)22)31(28(36)17-4-5-17)13-15-2-6-18(29)7-3-15/h2-3,6-7,10-12,17,21,23-24,26,32-34H,4-5,8-9,13-14H2,1H3,(H,30,35). The molecule has 38 heavy (non-hydrogen) atoms. The number of carbonyl (C=O) groups excluding carboxylic acids is 2. The van der Waals surface area contributed by atoms with Gasteiger partial charge in [0.15, 0.2) is 11.5 Å². The van der Waals surface area contributed by atoms with E-state index in [1.165, 1.54) is 7.11 Å². The number of nitrogens with zero attached hydrogens (tertiary/aromatic N) is 1. The second-order valence-corrected chi connectivity index (χ2v) is 10.3. The Balaban J connectivity index is 1.58. The molecule has 4 unspecified atom stereocenters. The van der Waals surface area contributed by atoms with Crippen LogP contribution >= 0.6 is 11.6 Å². The molecular formula is C28H31ClN2O7. The van der Waals surface area contributed by atoms with E-state index in [0.717, 1.165) is 18.4 Å². The highest BCUT2D eigenvalue weighted by Crippen LogP contribution is 2.51. The first-order valence-corrected chi connectivity index (χ1v) is 13.1. The van der Waals surface area contributed by atoms with E-state index in [2.05, 4.69) is 5.32 Å². The summed E-state index contributed by atoms with van der Waals surface area (Å²) in [5.74, 6) is -0.541. The number of halogens is 1. The molecule has 1 aliphatic heterocycles. The number of ether oxygens (including phenoxy) is 2. The molecule has 0 spiro atoms. The van der Waals surface area contributed by atoms with E-state index in [0.29, 0.717) is 33.2 Å². The summed E-state index contributed by atoms with van der Waals surface area (Å²) in [6.07, 6.45) is 1.17. The predicted octanol–water partition coefficient (Wildman–Crippen LogP) is 1.90. The minimum Gasteiger partial charge on any atom is -0.493 e. The van der Waals surface area contributed by atoms with E-state index >= 15 is 0 Å². The largest absolute Gasteiger partial charge is 0.493 e. The first-order chi connectivity index (χ1) is 18.4. The molecule has 1 saturated carbocycles. The van der Waals surface area contributed by atoms with Gasteiger partial charge in [0.25, 0.3) is 0 Å². The topological polar surface area (TPSA) is 129 Å². The third-order valence-electron chi connectivity index (χ3n) is 7.33. The molecule has 1 heterocycles. The fourth-order valence-electron chi connectivity index (χ4n) is 5.30. The Morgan fingerprint density at radius 1 is 1.16 bits per heavy atom. The first kappa shape index (κ1) is 26.5. The van der Waals surface area contributed by atoms with Gasteiger partial charge >= 0.3 is 0 Å². The average molecular weight is 543 g/mol. The smallest absolute Gasteiger partial charge is 0.247 e. The van der Waals surface area contributed by atoms with E-state index in [9.17, 15) is 24.9 Å². The Labute approximate surface area is 225 Å². The summed E-state index contributed by atoms with van der Waals surface area (Å²) in [7, 11) is 1.48. The Morgan fingerprint density at radius 2 is 1.89 bits per heavy atom. The van der Waals surface area contributed by atoms with Crippen LogP contribution in [0.25, 0.3) is 0 Å². The van der Waals surface area contributed by atoms with Gasteiger partial charge in [-0.25, -0.2) is 0 Å². The zero-order chi connectivity index (χ0) is 27.0. The van der Waals surface area contributed by atoms with Gasteiger partial charge in [0, 0.05) is 35.2 Å². The van der Waals surface area contributed by atoms with Crippen molar-refractivity contribution in [2.75, 3.05) is 20.3 Å². The molecular weight excluding hydrogens is 512 g/mol. The number of hydrogen-bond donors (Lipinski definition) is 4. The van der Waals surface area contributed by atoms with Crippen LogP contribution < -0.4 is 14.8 Å². The number of rotatable bonds is 9. The second-order valence-electron chi connectivity index (χ2n) is 9.88. The van der Waals surface area contributed by atoms with Crippen LogP contribution in [0.5, 0.6) is 11.5 Å². The number of fused-ring (bicyclic) bond motifs is 3. The number of aliphatic hydroxyl groups is 3. The molecule has 202 valence electrons. The molecule has 2 aromatic rings. The highest BCUT2D eigenvalue weighted by atomic mass is 35.5. The minimum absolute atomic E-state index is 0.0456. The number of aliphatic hydroxyl groups excluding tert-OH is 3. The van der Waals surface area contributed by atoms with Crippen LogP contribution in [0.4, 0.5) is 0 Å². The summed E-state index contributed by atoms with van der Waals surface area (Å²) in [4.78, 5) is 28.5. The van der Waals surface area contributed by atoms with E-state index < -0.39 is 30.1 Å². The van der Waals surface area contributed by atoms with Crippen molar-refractivity contribution in [3.8, 4) is 11.5 Å². The summed E-state index contributed by atoms with van der Waals surface area (Å²) >= 11 is 6.06. The molecule has 0 bridgehead atoms. The Kier molecular flexibility index (Phi) is 7.63. The zero-order valence-electron chi connectivity index (χ0n) is 21.0. The van der Waals surface area contributed by atoms with Crippen LogP contribution in [-0.4, -0.2) is 70.5 Å². The molecule has 9 nitrogen and oxygen atoms in total. The van der Waals surface area contributed by atoms with Crippen molar-refractivity contribution in [1.29, 1.82) is 0 Å². The maximum absolute atomic E-state index is 13.5. The number of methoxy groups -OCH3 is 1. The van der Waals surface area contributed by atoms with E-state index in [4.69, 9.17) is 21.1 Å². The quantitative estimate of drug-likeness (QED) is 0.381. The van der Waals surface area contributed by atoms with Crippen molar-refractivity contribution in [2.45, 2.75) is 50.2 Å². The summed E-state index contributed by atoms with van der Waals surface area (Å²) < 4.78 is 11.7. The number of hydrogen-bond acceptors (Lipinski definition) is 7. The molecule has 2 aliphatic carbocycles. The Hall–Kier alpha value is -3.11. The molecule has 0 saturated heterocycles. The summed E-state index contributed by atoms with van der Waals surface area (Å²) in [6.45, 7) is -0.215. The van der Waals surface area contributed by atoms with Crippen molar-refractivity contribution in [2.24, 2.45) is 5.92 Å². The molecule has 1 fully saturated rings. The fourth-order valence-corrected chi connectivity index (χ4v) is 5.43. The normalized spacial score (nSPS) is 23.6. The average Bonchev–Trinajstić information content (AvgIpc) is 3.71. The minimum atomic E-state index is -1.15. The molecule has 10 heteroatoms. The highest BCUT2D eigenvalue weighted by Gasteiger charge is 2.52. The van der Waals surface area contributed by atoms with Crippen molar-refractivity contribution in [3.05, 3.63) is 69.8 Å². The van der Waals surface area contributed by atoms with Crippen LogP contribution in [0, 0.1) is 5.92 Å². The van der Waals surface area contributed by atoms with Crippen LogP contribution in [0.15, 0.2) is 48.0 Å². The monoisotopic (exact) mass is 542 g/mol. The number of benzene rings is 2. The first-order valence-electron chi connectivity index (χ1n) is 12.7. The predicted molar refractivity (Wildman–Crippen MR) is 139 cm³/mol. The van der Waals surface area contributed by atoms with E-state index in [1.807, 2.05) is 12.1 Å². The molecule has 0 radical (unpaired) electrons. The van der Waals surface area contributed by atoms with Gasteiger partial charge in [-0.05, 0) is 54.3 Å². The Bertz CT molecular complexity index is 1240. The summed E-state index contributed by atoms with van der Waals surface area (Å²) in [5, 5.41) is 34.0. The molecule has 2 aromatic carbocycles. The maximum atomic E-state index is 13.5. The Morgan fingerprint density at radius 3 is 2.53 bits per heavy atom. The lowest BCUT2D eigenvalue weighted by molar-refractivity contribution is -0.139. The number of amides is 2. The van der Waals surface area contributed by atoms with Crippen molar-refractivity contribution < 1.29 is 34.4 Å². The zero-order valence-corrected chi connectivity index (χ0v) is 21.7. The van der Waals surface area contributed by atoms with Gasteiger partial charge in [0.1, 0.15) is 12.2 Å². The maximum Gasteiger partial charge on any atom is 0.247 e. The van der Waals surface area contributed by atoms with Gasteiger partial charge in [-0.15, -0.1) is 0 Å². The third-order valence-corrected chi connectivity index (χ3v) is 7.58. The molecule has 2 amide bonds. The number of carbonyl (C=O) groups is 2. The van der Waals surface area contributed by atoms with Crippen LogP contribution in [0.1, 0.15) is 35.4 Å². The van der Waals surface area contributed by atoms with Crippen molar-refractivity contribution >= 4 is 23.4 Å². The van der Waals surface area contributed by atoms with Gasteiger partial charge in [-0.3, -0.25) is 9.59 Å². The van der Waals surface area contributed by atoms with E-state index in [-0.39, 0.29) is 38.1 Å². The van der Waals surface area contributed by atoms with Crippen molar-refractivity contribution in [3.63, 3.8) is 0 Å². The molecule has 5 rings (SSSR count). The number of nitrogens with one attached hydrogen (secondary N) is 1. The lowest BCUT2D eigenvalue weighted by Gasteiger charge is -2.41. The summed E-state index contributed by atoms with van der Waals surface area (Å²) in [6, 6.07) is 9.70. The van der Waals surface area contributed by atoms with Crippen LogP contribution in [-0.2, 0) is 22.7 Å². The molecule has 4 atom stereocenters. The third kappa shape index (κ3) is 4.99. The van der Waals surface area contributed by atoms with Crippen LogP contribution in [0.3, 0.4) is 0 Å². The lowest BCUT2D eigenvalue weighted by atomic mass is 9.77. The van der Waals surface area contributed by atoms with Crippen LogP contribution in [0.2, 0.25) is 5.02 Å². The van der Waals surface area contributed by atoms with Crippen molar-refractivity contribution in [1.82, 2.24) is 10.2 Å². The van der Waals surface area contributed by atoms with Gasteiger partial charge in [0.05, 0.1) is 32.3 Å². The van der Waals surface area contributed by atoms with E-state index in [1.54, 1.807) is 35.2 Å². The van der Waals surface area contributed by atoms with Gasteiger partial charge < -0.3 is 35.0 Å². The van der Waals surface area contributed by atoms with Gasteiger partial charge in [0.2, 0.25) is 11.8 Å². The molecule has 3 aliphatic rings. The lowest BCUT2D eigenvalue weighted by Crippen LogP contribution is -2.55. The van der Waals surface area contributed by atoms with Gasteiger partial charge in [-0.2, -0.15) is 0 Å². The second kappa shape index (κ2) is 10.9.